The number of rotatable bonds is 23. The third-order valence-corrected chi connectivity index (χ3v) is 15.2. The van der Waals surface area contributed by atoms with Gasteiger partial charge in [0.1, 0.15) is 48.3 Å². The summed E-state index contributed by atoms with van der Waals surface area (Å²) in [6.45, 7) is 16.8. The summed E-state index contributed by atoms with van der Waals surface area (Å²) in [7, 11) is 0. The number of nitrogens with zero attached hydrogens (tertiary/aromatic N) is 1. The maximum absolute atomic E-state index is 15.4. The molecule has 0 radical (unpaired) electrons. The van der Waals surface area contributed by atoms with Crippen LogP contribution in [0.2, 0.25) is 0 Å². The number of guanidine groups is 1. The van der Waals surface area contributed by atoms with Crippen molar-refractivity contribution in [3.8, 4) is 0 Å². The number of aliphatic hydroxyl groups excluding tert-OH is 4. The molecular formula is C63H101F6N15O21. The van der Waals surface area contributed by atoms with Gasteiger partial charge in [-0.2, -0.15) is 26.3 Å². The minimum absolute atomic E-state index is 0.0455. The van der Waals surface area contributed by atoms with Crippen molar-refractivity contribution in [2.45, 2.75) is 218 Å². The lowest BCUT2D eigenvalue weighted by Gasteiger charge is -2.34. The Labute approximate surface area is 600 Å². The van der Waals surface area contributed by atoms with Crippen molar-refractivity contribution in [1.82, 2.24) is 53.2 Å². The van der Waals surface area contributed by atoms with E-state index < -0.39 is 205 Å². The van der Waals surface area contributed by atoms with Crippen LogP contribution in [0.3, 0.4) is 0 Å². The highest BCUT2D eigenvalue weighted by molar-refractivity contribution is 6.00. The number of benzene rings is 1. The second-order valence-corrected chi connectivity index (χ2v) is 26.4. The van der Waals surface area contributed by atoms with Crippen molar-refractivity contribution in [2.24, 2.45) is 57.5 Å². The maximum Gasteiger partial charge on any atom is 0.490 e. The third kappa shape index (κ3) is 34.3. The summed E-state index contributed by atoms with van der Waals surface area (Å²) >= 11 is 0. The molecule has 1 heterocycles. The van der Waals surface area contributed by atoms with Gasteiger partial charge in [-0.25, -0.2) is 14.4 Å². The Morgan fingerprint density at radius 3 is 1.58 bits per heavy atom. The van der Waals surface area contributed by atoms with E-state index in [0.717, 1.165) is 6.92 Å². The van der Waals surface area contributed by atoms with E-state index >= 15 is 4.79 Å². The Balaban J connectivity index is 0.00000696. The number of aliphatic imine (C=N–C) groups is 1. The first-order valence-corrected chi connectivity index (χ1v) is 32.9. The highest BCUT2D eigenvalue weighted by Gasteiger charge is 2.45. The molecule has 0 saturated carbocycles. The van der Waals surface area contributed by atoms with E-state index in [2.05, 4.69) is 47.5 Å². The van der Waals surface area contributed by atoms with Gasteiger partial charge >= 0.3 is 30.3 Å². The SMILES string of the molecule is CC[C@H](C)[C@@H]1NC(=O)[C@@H](CCCN=C(N)N)NC(=O)[C@H](CC(C)C)NC(=O)[C@H]([C@H](O)C(C)C)NC(=O)[C@@H](NC(=O)[C@H](CC(C)C)NC(=O)[C@](C)(N)CC(C)C)[C@@H](c2ccccc2)OC(=O)[C@H](CO)NC(=O)[C@H]([C@H](O)C(N)=O)NC(=O)CNC(=O)[C@H]([C@H](C)O)NC1=O.O=C(O)C(F)(F)F.O=C(O)C(F)(F)F. The smallest absolute Gasteiger partial charge is 0.475 e. The first-order valence-electron chi connectivity index (χ1n) is 32.9. The Morgan fingerprint density at radius 1 is 0.638 bits per heavy atom. The quantitative estimate of drug-likeness (QED) is 0.0164. The predicted molar refractivity (Wildman–Crippen MR) is 358 cm³/mol. The second-order valence-electron chi connectivity index (χ2n) is 26.4. The summed E-state index contributed by atoms with van der Waals surface area (Å²) in [4.78, 5) is 192. The van der Waals surface area contributed by atoms with Gasteiger partial charge in [0.2, 0.25) is 65.0 Å². The zero-order chi connectivity index (χ0) is 81.5. The van der Waals surface area contributed by atoms with Crippen LogP contribution in [0.25, 0.3) is 0 Å². The van der Waals surface area contributed by atoms with Crippen molar-refractivity contribution < 1.29 is 129 Å². The van der Waals surface area contributed by atoms with Gasteiger partial charge in [0.25, 0.3) is 0 Å². The van der Waals surface area contributed by atoms with Crippen molar-refractivity contribution in [2.75, 3.05) is 19.7 Å². The molecule has 1 saturated heterocycles. The van der Waals surface area contributed by atoms with Crippen LogP contribution in [-0.4, -0.2) is 230 Å². The molecule has 24 N–H and O–H groups in total. The summed E-state index contributed by atoms with van der Waals surface area (Å²) in [6.07, 6.45) is -18.3. The Kier molecular flexibility index (Phi) is 40.3. The van der Waals surface area contributed by atoms with Crippen LogP contribution in [0.4, 0.5) is 26.3 Å². The Morgan fingerprint density at radius 2 is 1.12 bits per heavy atom. The second kappa shape index (κ2) is 44.3. The topological polar surface area (TPSA) is 606 Å². The minimum atomic E-state index is -5.08. The Hall–Kier alpha value is -9.55. The average molecular weight is 1520 g/mol. The first kappa shape index (κ1) is 95.5. The molecule has 0 aromatic heterocycles. The van der Waals surface area contributed by atoms with Crippen molar-refractivity contribution in [3.63, 3.8) is 0 Å². The molecule has 2 rings (SSSR count). The fourth-order valence-corrected chi connectivity index (χ4v) is 9.62. The van der Waals surface area contributed by atoms with Crippen LogP contribution in [0.1, 0.15) is 133 Å². The zero-order valence-electron chi connectivity index (χ0n) is 60.0. The molecule has 105 heavy (non-hydrogen) atoms. The molecule has 1 aromatic rings. The van der Waals surface area contributed by atoms with Crippen LogP contribution in [0, 0.1) is 29.6 Å². The number of primary amides is 1. The van der Waals surface area contributed by atoms with Gasteiger partial charge in [0.15, 0.2) is 24.2 Å². The number of amides is 11. The van der Waals surface area contributed by atoms with Crippen molar-refractivity contribution in [3.05, 3.63) is 35.9 Å². The fraction of sp³-hybridized carbons (Fsp3) is 0.667. The van der Waals surface area contributed by atoms with Gasteiger partial charge in [-0.15, -0.1) is 0 Å². The van der Waals surface area contributed by atoms with E-state index in [1.165, 1.54) is 51.1 Å². The van der Waals surface area contributed by atoms with Gasteiger partial charge in [-0.1, -0.05) is 106 Å². The third-order valence-electron chi connectivity index (χ3n) is 15.2. The summed E-state index contributed by atoms with van der Waals surface area (Å²) < 4.78 is 69.4. The lowest BCUT2D eigenvalue weighted by atomic mass is 9.90. The summed E-state index contributed by atoms with van der Waals surface area (Å²) in [6, 6.07) is -9.68. The van der Waals surface area contributed by atoms with Crippen LogP contribution >= 0.6 is 0 Å². The standard InChI is InChI=1S/C59H99N15O17.2C2HF3O2/c1-13-31(10)39-52(85)72-40(32(11)76)51(84)65-25-38(77)70-42(45(79)47(60)80)54(87)68-37(26-75)56(89)91-46(33-18-15-14-16-19-33)43(74-50(83)36(23-28(4)5)69-57(90)59(12,63)24-29(6)7)55(88)73-41(44(78)30(8)9)53(86)67-35(22-27(2)3)49(82)66-34(48(81)71-39)20-17-21-64-58(61)62;2*3-2(4,5)1(6)7/h14-16,18-19,27-32,34-37,39-46,75-76,78-79H,13,17,20-26,63H2,1-12H3,(H2,60,80)(H,65,84)(H,66,82)(H,67,86)(H,68,87)(H,69,90)(H,70,77)(H,71,81)(H,72,85)(H,73,88)(H,74,83)(H4,61,62,64);2*(H,6,7)/t31-,32-,34+,35-,36-,37-,39-,40-,41-,42-,43-,44+,45-,46+,59+;;/m0../s1. The number of nitrogens with two attached hydrogens (primary N) is 4. The zero-order valence-corrected chi connectivity index (χ0v) is 60.0. The van der Waals surface area contributed by atoms with E-state index in [0.29, 0.717) is 0 Å². The number of carboxylic acids is 2. The van der Waals surface area contributed by atoms with E-state index in [-0.39, 0.29) is 74.3 Å². The van der Waals surface area contributed by atoms with Crippen molar-refractivity contribution >= 4 is 88.8 Å². The monoisotopic (exact) mass is 1520 g/mol. The molecule has 596 valence electrons. The summed E-state index contributed by atoms with van der Waals surface area (Å²) in [5.74, 6) is -22.8. The van der Waals surface area contributed by atoms with E-state index in [1.807, 2.05) is 24.5 Å². The van der Waals surface area contributed by atoms with Gasteiger partial charge in [0.05, 0.1) is 30.9 Å². The van der Waals surface area contributed by atoms with Crippen LogP contribution in [0.5, 0.6) is 0 Å². The molecule has 42 heteroatoms. The van der Waals surface area contributed by atoms with E-state index in [1.54, 1.807) is 41.5 Å². The summed E-state index contributed by atoms with van der Waals surface area (Å²) in [5, 5.41) is 82.4. The number of ether oxygens (including phenoxy) is 1. The number of cyclic esters (lactones) is 1. The molecule has 0 bridgehead atoms. The predicted octanol–water partition coefficient (Wildman–Crippen LogP) is -3.78. The molecule has 15 atom stereocenters. The number of hydrogen-bond acceptors (Lipinski definition) is 21. The largest absolute Gasteiger partial charge is 0.490 e. The molecule has 1 aliphatic rings. The number of carboxylic acid groups (broad SMARTS) is 2. The molecular weight excluding hydrogens is 1420 g/mol. The van der Waals surface area contributed by atoms with Crippen LogP contribution in [-0.2, 0) is 71.9 Å². The van der Waals surface area contributed by atoms with Gasteiger partial charge in [0, 0.05) is 6.54 Å². The molecule has 1 aromatic carbocycles. The van der Waals surface area contributed by atoms with Gasteiger partial charge < -0.3 is 111 Å². The number of aliphatic hydroxyl groups is 4. The average Bonchev–Trinajstić information content (AvgIpc) is 0.818. The number of esters is 1. The number of halogens is 6. The van der Waals surface area contributed by atoms with Crippen LogP contribution in [0.15, 0.2) is 35.3 Å². The number of carbonyl (C=O) groups excluding carboxylic acids is 12. The molecule has 0 unspecified atom stereocenters. The highest BCUT2D eigenvalue weighted by atomic mass is 19.4. The number of nitrogens with one attached hydrogen (secondary N) is 10. The lowest BCUT2D eigenvalue weighted by molar-refractivity contribution is -0.193. The molecule has 36 nitrogen and oxygen atoms in total. The number of carbonyl (C=O) groups is 14. The molecule has 0 aliphatic carbocycles. The fourth-order valence-electron chi connectivity index (χ4n) is 9.62. The molecule has 1 fully saturated rings. The Bertz CT molecular complexity index is 3120. The highest BCUT2D eigenvalue weighted by Crippen LogP contribution is 2.26. The number of aliphatic carboxylic acids is 2. The first-order chi connectivity index (χ1) is 48.2. The van der Waals surface area contributed by atoms with E-state index in [4.69, 9.17) is 47.5 Å². The minimum Gasteiger partial charge on any atom is -0.475 e. The van der Waals surface area contributed by atoms with E-state index in [9.17, 15) is 99.5 Å². The van der Waals surface area contributed by atoms with Crippen molar-refractivity contribution in [1.29, 1.82) is 0 Å². The normalized spacial score (nSPS) is 23.1. The molecule has 1 aliphatic heterocycles. The van der Waals surface area contributed by atoms with Crippen LogP contribution < -0.4 is 76.1 Å². The maximum atomic E-state index is 15.4. The molecule has 0 spiro atoms. The number of alkyl halides is 6. The molecule has 11 amide bonds. The summed E-state index contributed by atoms with van der Waals surface area (Å²) in [5.41, 5.74) is 21.3. The van der Waals surface area contributed by atoms with Gasteiger partial charge in [-0.3, -0.25) is 57.7 Å². The number of hydrogen-bond donors (Lipinski definition) is 20. The van der Waals surface area contributed by atoms with Gasteiger partial charge in [-0.05, 0) is 81.1 Å². The lowest BCUT2D eigenvalue weighted by Crippen LogP contribution is -2.64.